The zero-order valence-corrected chi connectivity index (χ0v) is 16.4. The number of benzene rings is 2. The first-order chi connectivity index (χ1) is 13.2. The minimum Gasteiger partial charge on any atom is -0.494 e. The topological polar surface area (TPSA) is 56.8 Å². The van der Waals surface area contributed by atoms with Crippen LogP contribution in [0.4, 0.5) is 0 Å². The zero-order valence-electron chi connectivity index (χ0n) is 16.4. The molecule has 0 amide bonds. The van der Waals surface area contributed by atoms with E-state index in [1.165, 1.54) is 25.7 Å². The maximum atomic E-state index is 9.70. The van der Waals surface area contributed by atoms with Gasteiger partial charge in [0.2, 0.25) is 0 Å². The van der Waals surface area contributed by atoms with Crippen LogP contribution in [0.25, 0.3) is 11.1 Å². The van der Waals surface area contributed by atoms with Gasteiger partial charge in [-0.25, -0.2) is 0 Å². The molecule has 2 aromatic rings. The van der Waals surface area contributed by atoms with Crippen molar-refractivity contribution < 1.29 is 4.74 Å². The van der Waals surface area contributed by atoms with Crippen LogP contribution >= 0.6 is 0 Å². The van der Waals surface area contributed by atoms with E-state index in [0.29, 0.717) is 17.7 Å². The number of hydrogen-bond acceptors (Lipinski definition) is 3. The Bertz CT molecular complexity index is 810. The molecule has 0 fully saturated rings. The Labute approximate surface area is 163 Å². The van der Waals surface area contributed by atoms with Crippen molar-refractivity contribution in [1.82, 2.24) is 0 Å². The summed E-state index contributed by atoms with van der Waals surface area (Å²) in [5, 5.41) is 19.4. The molecule has 0 saturated carbocycles. The first-order valence-electron chi connectivity index (χ1n) is 9.94. The molecule has 0 N–H and O–H groups in total. The van der Waals surface area contributed by atoms with Crippen molar-refractivity contribution in [3.8, 4) is 29.0 Å². The molecular weight excluding hydrogens is 332 g/mol. The second-order valence-electron chi connectivity index (χ2n) is 6.78. The van der Waals surface area contributed by atoms with Crippen molar-refractivity contribution in [2.24, 2.45) is 0 Å². The van der Waals surface area contributed by atoms with E-state index in [1.54, 1.807) is 0 Å². The highest BCUT2D eigenvalue weighted by Gasteiger charge is 2.14. The Morgan fingerprint density at radius 2 is 1.48 bits per heavy atom. The fraction of sp³-hybridized carbons (Fsp3) is 0.417. The summed E-state index contributed by atoms with van der Waals surface area (Å²) in [6.07, 6.45) is 7.75. The van der Waals surface area contributed by atoms with Gasteiger partial charge in [0.15, 0.2) is 0 Å². The summed E-state index contributed by atoms with van der Waals surface area (Å²) in [4.78, 5) is 0. The number of aryl methyl sites for hydroxylation is 1. The number of hydrogen-bond donors (Lipinski definition) is 0. The molecule has 0 aliphatic heterocycles. The Morgan fingerprint density at radius 1 is 0.778 bits per heavy atom. The Kier molecular flexibility index (Phi) is 8.40. The van der Waals surface area contributed by atoms with Gasteiger partial charge in [-0.1, -0.05) is 63.8 Å². The molecule has 0 spiro atoms. The van der Waals surface area contributed by atoms with E-state index in [0.717, 1.165) is 41.7 Å². The van der Waals surface area contributed by atoms with Crippen molar-refractivity contribution in [2.45, 2.75) is 58.8 Å². The molecule has 0 saturated heterocycles. The summed E-state index contributed by atoms with van der Waals surface area (Å²) >= 11 is 0. The molecule has 3 nitrogen and oxygen atoms in total. The van der Waals surface area contributed by atoms with E-state index in [-0.39, 0.29) is 0 Å². The highest BCUT2D eigenvalue weighted by molar-refractivity contribution is 5.75. The second kappa shape index (κ2) is 11.0. The van der Waals surface area contributed by atoms with Gasteiger partial charge >= 0.3 is 0 Å². The minimum absolute atomic E-state index is 0.478. The highest BCUT2D eigenvalue weighted by Crippen LogP contribution is 2.30. The van der Waals surface area contributed by atoms with Gasteiger partial charge < -0.3 is 4.74 Å². The van der Waals surface area contributed by atoms with Crippen LogP contribution in [0.1, 0.15) is 69.1 Å². The molecule has 0 unspecified atom stereocenters. The van der Waals surface area contributed by atoms with E-state index in [2.05, 4.69) is 26.0 Å². The third-order valence-electron chi connectivity index (χ3n) is 4.70. The van der Waals surface area contributed by atoms with Crippen LogP contribution < -0.4 is 4.74 Å². The molecule has 0 radical (unpaired) electrons. The lowest BCUT2D eigenvalue weighted by Gasteiger charge is -2.11. The molecule has 2 rings (SSSR count). The molecule has 27 heavy (non-hydrogen) atoms. The van der Waals surface area contributed by atoms with Gasteiger partial charge in [-0.15, -0.1) is 0 Å². The van der Waals surface area contributed by atoms with Gasteiger partial charge in [-0.3, -0.25) is 0 Å². The smallest absolute Gasteiger partial charge is 0.119 e. The summed E-state index contributed by atoms with van der Waals surface area (Å²) < 4.78 is 5.62. The predicted molar refractivity (Wildman–Crippen MR) is 110 cm³/mol. The molecule has 0 aliphatic carbocycles. The largest absolute Gasteiger partial charge is 0.494 e. The lowest BCUT2D eigenvalue weighted by atomic mass is 9.91. The van der Waals surface area contributed by atoms with Crippen LogP contribution in [-0.4, -0.2) is 6.61 Å². The molecule has 0 atom stereocenters. The number of rotatable bonds is 10. The van der Waals surface area contributed by atoms with Crippen LogP contribution in [0, 0.1) is 22.7 Å². The molecule has 0 aliphatic rings. The summed E-state index contributed by atoms with van der Waals surface area (Å²) in [7, 11) is 0. The monoisotopic (exact) mass is 360 g/mol. The number of nitriles is 2. The van der Waals surface area contributed by atoms with E-state index < -0.39 is 0 Å². The predicted octanol–water partition coefficient (Wildman–Crippen LogP) is 6.40. The third-order valence-corrected chi connectivity index (χ3v) is 4.70. The standard InChI is InChI=1S/C24H28N2O/c1-3-5-6-7-8-9-19-12-15-22(24(18-26)23(19)17-25)20-10-13-21(14-11-20)27-16-4-2/h10-15H,3-9,16H2,1-2H3. The molecule has 0 bridgehead atoms. The van der Waals surface area contributed by atoms with Gasteiger partial charge in [-0.05, 0) is 42.5 Å². The lowest BCUT2D eigenvalue weighted by molar-refractivity contribution is 0.317. The molecule has 0 heterocycles. The van der Waals surface area contributed by atoms with Gasteiger partial charge in [0.1, 0.15) is 17.9 Å². The SMILES string of the molecule is CCCCCCCc1ccc(-c2ccc(OCCC)cc2)c(C#N)c1C#N. The number of unbranched alkanes of at least 4 members (excludes halogenated alkanes) is 4. The van der Waals surface area contributed by atoms with Gasteiger partial charge in [0.05, 0.1) is 17.7 Å². The average Bonchev–Trinajstić information content (AvgIpc) is 2.71. The van der Waals surface area contributed by atoms with Gasteiger partial charge in [0.25, 0.3) is 0 Å². The summed E-state index contributed by atoms with van der Waals surface area (Å²) in [5.41, 5.74) is 3.73. The molecule has 140 valence electrons. The molecule has 0 aromatic heterocycles. The first kappa shape index (κ1) is 20.5. The minimum atomic E-state index is 0.478. The van der Waals surface area contributed by atoms with Crippen molar-refractivity contribution in [3.05, 3.63) is 53.1 Å². The highest BCUT2D eigenvalue weighted by atomic mass is 16.5. The van der Waals surface area contributed by atoms with E-state index in [9.17, 15) is 10.5 Å². The van der Waals surface area contributed by atoms with Gasteiger partial charge in [0, 0.05) is 5.56 Å². The third kappa shape index (κ3) is 5.60. The fourth-order valence-electron chi connectivity index (χ4n) is 3.21. The van der Waals surface area contributed by atoms with Crippen LogP contribution in [-0.2, 0) is 6.42 Å². The fourth-order valence-corrected chi connectivity index (χ4v) is 3.21. The number of ether oxygens (including phenoxy) is 1. The number of nitrogens with zero attached hydrogens (tertiary/aromatic N) is 2. The maximum Gasteiger partial charge on any atom is 0.119 e. The van der Waals surface area contributed by atoms with E-state index in [4.69, 9.17) is 4.74 Å². The second-order valence-corrected chi connectivity index (χ2v) is 6.78. The molecule has 3 heteroatoms. The molecular formula is C24H28N2O. The first-order valence-corrected chi connectivity index (χ1v) is 9.94. The van der Waals surface area contributed by atoms with Crippen LogP contribution in [0.2, 0.25) is 0 Å². The van der Waals surface area contributed by atoms with Crippen molar-refractivity contribution in [1.29, 1.82) is 10.5 Å². The van der Waals surface area contributed by atoms with Crippen molar-refractivity contribution in [3.63, 3.8) is 0 Å². The van der Waals surface area contributed by atoms with E-state index in [1.807, 2.05) is 36.4 Å². The Balaban J connectivity index is 2.23. The Morgan fingerprint density at radius 3 is 2.11 bits per heavy atom. The maximum absolute atomic E-state index is 9.70. The van der Waals surface area contributed by atoms with Crippen LogP contribution in [0.15, 0.2) is 36.4 Å². The Hall–Kier alpha value is -2.78. The van der Waals surface area contributed by atoms with Gasteiger partial charge in [-0.2, -0.15) is 10.5 Å². The van der Waals surface area contributed by atoms with Crippen LogP contribution in [0.5, 0.6) is 5.75 Å². The normalized spacial score (nSPS) is 10.2. The molecule has 2 aromatic carbocycles. The lowest BCUT2D eigenvalue weighted by Crippen LogP contribution is -1.98. The summed E-state index contributed by atoms with van der Waals surface area (Å²) in [6.45, 7) is 4.96. The van der Waals surface area contributed by atoms with E-state index >= 15 is 0 Å². The summed E-state index contributed by atoms with van der Waals surface area (Å²) in [5.74, 6) is 0.823. The van der Waals surface area contributed by atoms with Crippen molar-refractivity contribution >= 4 is 0 Å². The average molecular weight is 361 g/mol. The van der Waals surface area contributed by atoms with Crippen LogP contribution in [0.3, 0.4) is 0 Å². The zero-order chi connectivity index (χ0) is 19.5. The van der Waals surface area contributed by atoms with Crippen molar-refractivity contribution in [2.75, 3.05) is 6.61 Å². The summed E-state index contributed by atoms with van der Waals surface area (Å²) in [6, 6.07) is 16.2. The quantitative estimate of drug-likeness (QED) is 0.461.